The van der Waals surface area contributed by atoms with Gasteiger partial charge in [-0.05, 0) is 44.9 Å². The summed E-state index contributed by atoms with van der Waals surface area (Å²) < 4.78 is 36.6. The van der Waals surface area contributed by atoms with Crippen LogP contribution in [0.15, 0.2) is 23.2 Å². The summed E-state index contributed by atoms with van der Waals surface area (Å²) in [5, 5.41) is 3.61. The smallest absolute Gasteiger partial charge is 0.194 e. The molecule has 0 aromatic heterocycles. The highest BCUT2D eigenvalue weighted by atomic mass is 127. The van der Waals surface area contributed by atoms with Crippen molar-refractivity contribution in [3.63, 3.8) is 0 Å². The van der Waals surface area contributed by atoms with E-state index in [-0.39, 0.29) is 35.5 Å². The highest BCUT2D eigenvalue weighted by molar-refractivity contribution is 14.0. The number of rotatable bonds is 4. The number of nitrogens with zero attached hydrogens (tertiary/aromatic N) is 2. The van der Waals surface area contributed by atoms with Crippen molar-refractivity contribution in [2.45, 2.75) is 31.9 Å². The zero-order valence-electron chi connectivity index (χ0n) is 15.3. The normalized spacial score (nSPS) is 19.0. The molecule has 148 valence electrons. The van der Waals surface area contributed by atoms with Crippen LogP contribution in [0.3, 0.4) is 0 Å². The van der Waals surface area contributed by atoms with E-state index < -0.39 is 14.6 Å². The van der Waals surface area contributed by atoms with Gasteiger partial charge in [-0.3, -0.25) is 4.99 Å². The van der Waals surface area contributed by atoms with E-state index in [0.29, 0.717) is 43.6 Å². The summed E-state index contributed by atoms with van der Waals surface area (Å²) in [7, 11) is -3.09. The Morgan fingerprint density at radius 2 is 2.12 bits per heavy atom. The number of hydrogen-bond donors (Lipinski definition) is 1. The zero-order valence-corrected chi connectivity index (χ0v) is 19.2. The summed E-state index contributed by atoms with van der Waals surface area (Å²) in [4.78, 5) is 6.58. The van der Waals surface area contributed by atoms with Gasteiger partial charge in [0, 0.05) is 31.2 Å². The van der Waals surface area contributed by atoms with E-state index in [9.17, 15) is 12.8 Å². The van der Waals surface area contributed by atoms with Gasteiger partial charge in [-0.25, -0.2) is 12.8 Å². The van der Waals surface area contributed by atoms with Crippen molar-refractivity contribution in [1.82, 2.24) is 10.2 Å². The molecule has 0 atom stereocenters. The fourth-order valence-corrected chi connectivity index (χ4v) is 4.38. The van der Waals surface area contributed by atoms with Crippen LogP contribution in [-0.4, -0.2) is 56.0 Å². The van der Waals surface area contributed by atoms with Gasteiger partial charge in [0.05, 0.1) is 10.5 Å². The quantitative estimate of drug-likeness (QED) is 0.379. The molecule has 1 aromatic carbocycles. The van der Waals surface area contributed by atoms with Crippen LogP contribution in [0, 0.1) is 5.82 Å². The fourth-order valence-electron chi connectivity index (χ4n) is 2.76. The molecule has 0 bridgehead atoms. The average molecular weight is 518 g/mol. The molecule has 0 saturated carbocycles. The molecule has 0 amide bonds. The predicted molar refractivity (Wildman–Crippen MR) is 116 cm³/mol. The molecule has 2 rings (SSSR count). The summed E-state index contributed by atoms with van der Waals surface area (Å²) in [5.41, 5.74) is 0.837. The lowest BCUT2D eigenvalue weighted by Crippen LogP contribution is -2.57. The van der Waals surface area contributed by atoms with Crippen LogP contribution in [0.4, 0.5) is 4.39 Å². The van der Waals surface area contributed by atoms with E-state index >= 15 is 0 Å². The van der Waals surface area contributed by atoms with Crippen molar-refractivity contribution in [3.05, 3.63) is 34.6 Å². The third kappa shape index (κ3) is 5.69. The van der Waals surface area contributed by atoms with Gasteiger partial charge in [0.1, 0.15) is 5.82 Å². The molecular formula is C17H26ClFIN3O2S. The minimum absolute atomic E-state index is 0. The molecule has 0 spiro atoms. The lowest BCUT2D eigenvalue weighted by atomic mass is 10.1. The first-order chi connectivity index (χ1) is 11.7. The summed E-state index contributed by atoms with van der Waals surface area (Å²) >= 11 is 6.04. The standard InChI is InChI=1S/C17H25ClFN3O2S.HI/c1-4-20-16(22-9-10-25(23,24)17(2,3)12-22)21-8-7-13-5-6-14(19)11-15(13)18;/h5-6,11H,4,7-10,12H2,1-3H3,(H,20,21);1H. The number of hydrogen-bond acceptors (Lipinski definition) is 3. The Hall–Kier alpha value is -0.610. The number of benzene rings is 1. The highest BCUT2D eigenvalue weighted by Crippen LogP contribution is 2.24. The molecule has 0 radical (unpaired) electrons. The molecule has 1 saturated heterocycles. The van der Waals surface area contributed by atoms with Crippen LogP contribution in [0.2, 0.25) is 5.02 Å². The lowest BCUT2D eigenvalue weighted by Gasteiger charge is -2.39. The van der Waals surface area contributed by atoms with Gasteiger partial charge in [-0.1, -0.05) is 17.7 Å². The van der Waals surface area contributed by atoms with Gasteiger partial charge in [0.2, 0.25) is 0 Å². The first-order valence-corrected chi connectivity index (χ1v) is 10.4. The average Bonchev–Trinajstić information content (AvgIpc) is 2.51. The molecule has 1 aromatic rings. The maximum Gasteiger partial charge on any atom is 0.194 e. The van der Waals surface area contributed by atoms with Crippen LogP contribution in [0.25, 0.3) is 0 Å². The van der Waals surface area contributed by atoms with Crippen LogP contribution in [0.5, 0.6) is 0 Å². The Bertz CT molecular complexity index is 756. The number of nitrogens with one attached hydrogen (secondary N) is 1. The van der Waals surface area contributed by atoms with Gasteiger partial charge in [-0.15, -0.1) is 24.0 Å². The molecular weight excluding hydrogens is 492 g/mol. The summed E-state index contributed by atoms with van der Waals surface area (Å²) in [5.74, 6) is 0.458. The number of guanidine groups is 1. The molecule has 5 nitrogen and oxygen atoms in total. The van der Waals surface area contributed by atoms with Crippen LogP contribution >= 0.6 is 35.6 Å². The second-order valence-electron chi connectivity index (χ2n) is 6.72. The number of halogens is 3. The van der Waals surface area contributed by atoms with Gasteiger partial charge >= 0.3 is 0 Å². The molecule has 26 heavy (non-hydrogen) atoms. The molecule has 0 unspecified atom stereocenters. The second kappa shape index (κ2) is 9.54. The first kappa shape index (κ1) is 23.4. The highest BCUT2D eigenvalue weighted by Gasteiger charge is 2.40. The summed E-state index contributed by atoms with van der Waals surface area (Å²) in [6, 6.07) is 4.34. The molecule has 0 aliphatic carbocycles. The maximum absolute atomic E-state index is 13.1. The Morgan fingerprint density at radius 1 is 1.42 bits per heavy atom. The Kier molecular flexibility index (Phi) is 8.60. The summed E-state index contributed by atoms with van der Waals surface area (Å²) in [6.45, 7) is 7.47. The molecule has 9 heteroatoms. The van der Waals surface area contributed by atoms with Gasteiger partial charge in [-0.2, -0.15) is 0 Å². The van der Waals surface area contributed by atoms with Crippen molar-refractivity contribution in [2.24, 2.45) is 4.99 Å². The molecule has 1 heterocycles. The van der Waals surface area contributed by atoms with E-state index in [1.807, 2.05) is 11.8 Å². The van der Waals surface area contributed by atoms with Gasteiger partial charge in [0.25, 0.3) is 0 Å². The van der Waals surface area contributed by atoms with Crippen LogP contribution < -0.4 is 5.32 Å². The van der Waals surface area contributed by atoms with Crippen molar-refractivity contribution >= 4 is 51.4 Å². The van der Waals surface area contributed by atoms with E-state index in [0.717, 1.165) is 5.56 Å². The zero-order chi connectivity index (χ0) is 18.7. The predicted octanol–water partition coefficient (Wildman–Crippen LogP) is 3.11. The Labute approximate surface area is 177 Å². The maximum atomic E-state index is 13.1. The molecule has 1 N–H and O–H groups in total. The molecule has 1 aliphatic heterocycles. The minimum Gasteiger partial charge on any atom is -0.357 e. The minimum atomic E-state index is -3.09. The Morgan fingerprint density at radius 3 is 2.69 bits per heavy atom. The van der Waals surface area contributed by atoms with Crippen molar-refractivity contribution in [3.8, 4) is 0 Å². The number of sulfone groups is 1. The second-order valence-corrected chi connectivity index (χ2v) is 9.87. The van der Waals surface area contributed by atoms with Gasteiger partial charge in [0.15, 0.2) is 15.8 Å². The van der Waals surface area contributed by atoms with E-state index in [1.54, 1.807) is 19.9 Å². The largest absolute Gasteiger partial charge is 0.357 e. The SMILES string of the molecule is CCNC(=NCCc1ccc(F)cc1Cl)N1CCS(=O)(=O)C(C)(C)C1.I. The number of aliphatic imine (C=N–C) groups is 1. The van der Waals surface area contributed by atoms with Crippen molar-refractivity contribution in [2.75, 3.05) is 31.9 Å². The van der Waals surface area contributed by atoms with E-state index in [1.165, 1.54) is 12.1 Å². The third-order valence-electron chi connectivity index (χ3n) is 4.34. The molecule has 1 aliphatic rings. The fraction of sp³-hybridized carbons (Fsp3) is 0.588. The van der Waals surface area contributed by atoms with E-state index in [2.05, 4.69) is 10.3 Å². The lowest BCUT2D eigenvalue weighted by molar-refractivity contribution is 0.353. The topological polar surface area (TPSA) is 61.8 Å². The van der Waals surface area contributed by atoms with Crippen LogP contribution in [-0.2, 0) is 16.3 Å². The Balaban J connectivity index is 0.00000338. The van der Waals surface area contributed by atoms with Crippen LogP contribution in [0.1, 0.15) is 26.3 Å². The van der Waals surface area contributed by atoms with Gasteiger partial charge < -0.3 is 10.2 Å². The first-order valence-electron chi connectivity index (χ1n) is 8.36. The monoisotopic (exact) mass is 517 g/mol. The van der Waals surface area contributed by atoms with E-state index in [4.69, 9.17) is 11.6 Å². The van der Waals surface area contributed by atoms with Crippen molar-refractivity contribution in [1.29, 1.82) is 0 Å². The third-order valence-corrected chi connectivity index (χ3v) is 7.22. The summed E-state index contributed by atoms with van der Waals surface area (Å²) in [6.07, 6.45) is 0.587. The van der Waals surface area contributed by atoms with Crippen molar-refractivity contribution < 1.29 is 12.8 Å². The molecule has 1 fully saturated rings.